The Labute approximate surface area is 114 Å². The van der Waals surface area contributed by atoms with Crippen LogP contribution < -0.4 is 5.32 Å². The van der Waals surface area contributed by atoms with Gasteiger partial charge in [0.05, 0.1) is 6.61 Å². The van der Waals surface area contributed by atoms with Crippen LogP contribution in [0.4, 0.5) is 13.2 Å². The highest BCUT2D eigenvalue weighted by molar-refractivity contribution is 7.09. The molecule has 1 amide bonds. The Kier molecular flexibility index (Phi) is 3.69. The number of carboxylic acid groups (broad SMARTS) is 1. The zero-order valence-electron chi connectivity index (χ0n) is 9.86. The third-order valence-electron chi connectivity index (χ3n) is 2.76. The summed E-state index contributed by atoms with van der Waals surface area (Å²) in [5.74, 6) is -2.26. The van der Waals surface area contributed by atoms with E-state index in [1.807, 2.05) is 0 Å². The van der Waals surface area contributed by atoms with Crippen molar-refractivity contribution in [3.8, 4) is 0 Å². The molecular weight excluding hydrogens is 301 g/mol. The number of hydrogen-bond donors (Lipinski definition) is 2. The summed E-state index contributed by atoms with van der Waals surface area (Å²) in [5, 5.41) is 11.1. The fourth-order valence-corrected chi connectivity index (χ4v) is 2.34. The molecule has 0 radical (unpaired) electrons. The number of nitrogens with one attached hydrogen (secondary N) is 1. The van der Waals surface area contributed by atoms with E-state index >= 15 is 0 Å². The van der Waals surface area contributed by atoms with Gasteiger partial charge in [-0.15, -0.1) is 11.3 Å². The second kappa shape index (κ2) is 5.02. The molecule has 0 bridgehead atoms. The second-order valence-electron chi connectivity index (χ2n) is 4.18. The fourth-order valence-electron chi connectivity index (χ4n) is 1.68. The number of nitrogens with zero attached hydrogens (tertiary/aromatic N) is 1. The summed E-state index contributed by atoms with van der Waals surface area (Å²) in [7, 11) is 0. The quantitative estimate of drug-likeness (QED) is 0.874. The lowest BCUT2D eigenvalue weighted by molar-refractivity contribution is -0.144. The van der Waals surface area contributed by atoms with Gasteiger partial charge in [0.25, 0.3) is 5.91 Å². The van der Waals surface area contributed by atoms with Gasteiger partial charge in [-0.2, -0.15) is 13.2 Å². The number of ether oxygens (including phenoxy) is 1. The molecule has 1 aliphatic rings. The maximum Gasteiger partial charge on any atom is 0.443 e. The normalized spacial score (nSPS) is 22.8. The van der Waals surface area contributed by atoms with E-state index in [1.165, 1.54) is 0 Å². The molecule has 1 unspecified atom stereocenters. The van der Waals surface area contributed by atoms with Crippen molar-refractivity contribution in [2.45, 2.75) is 18.1 Å². The smallest absolute Gasteiger partial charge is 0.443 e. The molecule has 110 valence electrons. The van der Waals surface area contributed by atoms with Crippen LogP contribution in [0, 0.1) is 0 Å². The number of hydrogen-bond acceptors (Lipinski definition) is 5. The molecule has 1 fully saturated rings. The van der Waals surface area contributed by atoms with Gasteiger partial charge >= 0.3 is 12.1 Å². The first-order valence-corrected chi connectivity index (χ1v) is 6.29. The van der Waals surface area contributed by atoms with E-state index in [1.54, 1.807) is 0 Å². The van der Waals surface area contributed by atoms with Crippen molar-refractivity contribution in [1.82, 2.24) is 10.3 Å². The summed E-state index contributed by atoms with van der Waals surface area (Å²) in [6.45, 7) is -0.0816. The Balaban J connectivity index is 2.16. The number of carboxylic acids is 1. The number of halogens is 3. The van der Waals surface area contributed by atoms with Gasteiger partial charge in [-0.1, -0.05) is 0 Å². The minimum Gasteiger partial charge on any atom is -0.479 e. The molecule has 0 aliphatic carbocycles. The number of alkyl halides is 3. The molecule has 6 nitrogen and oxygen atoms in total. The van der Waals surface area contributed by atoms with Crippen LogP contribution in [-0.2, 0) is 15.7 Å². The van der Waals surface area contributed by atoms with Gasteiger partial charge in [0.2, 0.25) is 0 Å². The third kappa shape index (κ3) is 2.75. The molecule has 2 heterocycles. The lowest BCUT2D eigenvalue weighted by atomic mass is 9.99. The van der Waals surface area contributed by atoms with Crippen LogP contribution in [0.3, 0.4) is 0 Å². The van der Waals surface area contributed by atoms with Crippen LogP contribution in [-0.4, -0.2) is 40.7 Å². The first-order chi connectivity index (χ1) is 9.24. The lowest BCUT2D eigenvalue weighted by Crippen LogP contribution is -2.55. The van der Waals surface area contributed by atoms with Crippen molar-refractivity contribution in [3.63, 3.8) is 0 Å². The summed E-state index contributed by atoms with van der Waals surface area (Å²) < 4.78 is 42.1. The highest BCUT2D eigenvalue weighted by atomic mass is 32.1. The average Bonchev–Trinajstić information content (AvgIpc) is 2.96. The minimum absolute atomic E-state index is 0.0460. The van der Waals surface area contributed by atoms with Crippen LogP contribution in [0.5, 0.6) is 0 Å². The first-order valence-electron chi connectivity index (χ1n) is 5.41. The Morgan fingerprint density at radius 3 is 2.65 bits per heavy atom. The molecule has 0 aromatic carbocycles. The van der Waals surface area contributed by atoms with E-state index in [-0.39, 0.29) is 31.0 Å². The van der Waals surface area contributed by atoms with E-state index in [0.717, 1.165) is 5.38 Å². The van der Waals surface area contributed by atoms with Crippen molar-refractivity contribution in [1.29, 1.82) is 0 Å². The molecule has 1 atom stereocenters. The maximum absolute atomic E-state index is 12.4. The highest BCUT2D eigenvalue weighted by Gasteiger charge is 2.44. The van der Waals surface area contributed by atoms with Crippen LogP contribution in [0.15, 0.2) is 5.38 Å². The molecule has 0 saturated carbocycles. The predicted octanol–water partition coefficient (Wildman–Crippen LogP) is 1.14. The van der Waals surface area contributed by atoms with Gasteiger partial charge in [0.15, 0.2) is 10.5 Å². The molecule has 0 spiro atoms. The Morgan fingerprint density at radius 1 is 1.50 bits per heavy atom. The number of carbonyl (C=O) groups excluding carboxylic acids is 1. The standard InChI is InChI=1S/C10H9F3N2O4S/c11-10(12,13)7-14-5(3-20-7)6(16)15-9(8(17)18)1-2-19-4-9/h3H,1-2,4H2,(H,15,16)(H,17,18). The Bertz CT molecular complexity index is 537. The second-order valence-corrected chi connectivity index (χ2v) is 5.04. The summed E-state index contributed by atoms with van der Waals surface area (Å²) in [6.07, 6.45) is -4.59. The number of rotatable bonds is 3. The molecule has 20 heavy (non-hydrogen) atoms. The van der Waals surface area contributed by atoms with Crippen molar-refractivity contribution in [2.75, 3.05) is 13.2 Å². The van der Waals surface area contributed by atoms with E-state index in [0.29, 0.717) is 0 Å². The number of thiazole rings is 1. The van der Waals surface area contributed by atoms with Crippen molar-refractivity contribution >= 4 is 23.2 Å². The molecule has 1 aliphatic heterocycles. The Hall–Kier alpha value is -1.68. The highest BCUT2D eigenvalue weighted by Crippen LogP contribution is 2.31. The van der Waals surface area contributed by atoms with Crippen LogP contribution in [0.25, 0.3) is 0 Å². The third-order valence-corrected chi connectivity index (χ3v) is 3.65. The largest absolute Gasteiger partial charge is 0.479 e. The molecule has 2 rings (SSSR count). The van der Waals surface area contributed by atoms with Crippen molar-refractivity contribution < 1.29 is 32.6 Å². The van der Waals surface area contributed by atoms with E-state index in [2.05, 4.69) is 10.3 Å². The summed E-state index contributed by atoms with van der Waals surface area (Å²) >= 11 is 0.274. The van der Waals surface area contributed by atoms with Crippen molar-refractivity contribution in [3.05, 3.63) is 16.1 Å². The zero-order valence-corrected chi connectivity index (χ0v) is 10.7. The van der Waals surface area contributed by atoms with Gasteiger partial charge in [-0.05, 0) is 0 Å². The topological polar surface area (TPSA) is 88.5 Å². The zero-order chi connectivity index (χ0) is 15.0. The maximum atomic E-state index is 12.4. The fraction of sp³-hybridized carbons (Fsp3) is 0.500. The molecule has 1 aromatic rings. The molecular formula is C10H9F3N2O4S. The number of carbonyl (C=O) groups is 2. The summed E-state index contributed by atoms with van der Waals surface area (Å²) in [4.78, 5) is 26.1. The molecule has 1 aromatic heterocycles. The molecule has 2 N–H and O–H groups in total. The van der Waals surface area contributed by atoms with E-state index < -0.39 is 34.3 Å². The summed E-state index contributed by atoms with van der Waals surface area (Å²) in [6, 6.07) is 0. The van der Waals surface area contributed by atoms with Gasteiger partial charge in [-0.25, -0.2) is 9.78 Å². The molecule has 10 heteroatoms. The SMILES string of the molecule is O=C(NC1(C(=O)O)CCOC1)c1csc(C(F)(F)F)n1. The van der Waals surface area contributed by atoms with Crippen LogP contribution in [0.2, 0.25) is 0 Å². The van der Waals surface area contributed by atoms with Crippen LogP contribution in [0.1, 0.15) is 21.9 Å². The van der Waals surface area contributed by atoms with Gasteiger partial charge < -0.3 is 15.2 Å². The summed E-state index contributed by atoms with van der Waals surface area (Å²) in [5.41, 5.74) is -2.08. The minimum atomic E-state index is -4.63. The number of amides is 1. The van der Waals surface area contributed by atoms with Crippen molar-refractivity contribution in [2.24, 2.45) is 0 Å². The van der Waals surface area contributed by atoms with E-state index in [9.17, 15) is 22.8 Å². The molecule has 1 saturated heterocycles. The average molecular weight is 310 g/mol. The van der Waals surface area contributed by atoms with E-state index in [4.69, 9.17) is 9.84 Å². The Morgan fingerprint density at radius 2 is 2.20 bits per heavy atom. The number of aromatic nitrogens is 1. The number of aliphatic carboxylic acids is 1. The van der Waals surface area contributed by atoms with Gasteiger partial charge in [-0.3, -0.25) is 4.79 Å². The van der Waals surface area contributed by atoms with Gasteiger partial charge in [0.1, 0.15) is 5.69 Å². The van der Waals surface area contributed by atoms with Gasteiger partial charge in [0, 0.05) is 18.4 Å². The monoisotopic (exact) mass is 310 g/mol. The lowest BCUT2D eigenvalue weighted by Gasteiger charge is -2.22. The van der Waals surface area contributed by atoms with Crippen LogP contribution >= 0.6 is 11.3 Å². The first kappa shape index (κ1) is 14.7. The predicted molar refractivity (Wildman–Crippen MR) is 60.4 cm³/mol.